The first kappa shape index (κ1) is 22.1. The molecule has 7 heteroatoms. The maximum Gasteiger partial charge on any atom is 0.211 e. The predicted octanol–water partition coefficient (Wildman–Crippen LogP) is 1.41. The average molecular weight is 390 g/mol. The van der Waals surface area contributed by atoms with E-state index in [1.165, 1.54) is 0 Å². The third-order valence-electron chi connectivity index (χ3n) is 5.49. The van der Waals surface area contributed by atoms with Gasteiger partial charge in [-0.15, -0.1) is 0 Å². The Hall–Kier alpha value is -0.210. The van der Waals surface area contributed by atoms with Crippen LogP contribution in [0.4, 0.5) is 0 Å². The van der Waals surface area contributed by atoms with Crippen molar-refractivity contribution in [2.24, 2.45) is 16.2 Å². The van der Waals surface area contributed by atoms with Gasteiger partial charge in [0.25, 0.3) is 0 Å². The van der Waals surface area contributed by atoms with Crippen molar-refractivity contribution < 1.29 is 13.5 Å². The molecule has 0 bridgehead atoms. The summed E-state index contributed by atoms with van der Waals surface area (Å²) < 4.78 is 25.5. The molecule has 0 aromatic heterocycles. The molecule has 0 spiro atoms. The van der Waals surface area contributed by atoms with Crippen molar-refractivity contribution in [3.05, 3.63) is 0 Å². The Labute approximate surface area is 160 Å². The normalized spacial score (nSPS) is 27.3. The summed E-state index contributed by atoms with van der Waals surface area (Å²) in [6.07, 6.45) is 1.09. The van der Waals surface area contributed by atoms with Crippen LogP contribution in [-0.2, 0) is 10.0 Å². The Bertz CT molecular complexity index is 577. The zero-order valence-electron chi connectivity index (χ0n) is 17.4. The van der Waals surface area contributed by atoms with Crippen LogP contribution in [-0.4, -0.2) is 69.0 Å². The second kappa shape index (κ2) is 7.66. The van der Waals surface area contributed by atoms with E-state index in [1.807, 2.05) is 0 Å². The van der Waals surface area contributed by atoms with E-state index in [2.05, 4.69) is 56.5 Å². The van der Waals surface area contributed by atoms with Crippen molar-refractivity contribution in [2.45, 2.75) is 66.5 Å². The highest BCUT2D eigenvalue weighted by Crippen LogP contribution is 2.39. The molecule has 0 radical (unpaired) electrons. The van der Waals surface area contributed by atoms with Gasteiger partial charge in [0.15, 0.2) is 0 Å². The second-order valence-electron chi connectivity index (χ2n) is 10.8. The Morgan fingerprint density at radius 1 is 1.27 bits per heavy atom. The maximum absolute atomic E-state index is 11.4. The van der Waals surface area contributed by atoms with Crippen molar-refractivity contribution in [3.63, 3.8) is 0 Å². The van der Waals surface area contributed by atoms with Crippen LogP contribution in [0.3, 0.4) is 0 Å². The molecule has 2 atom stereocenters. The maximum atomic E-state index is 11.4. The highest BCUT2D eigenvalue weighted by Gasteiger charge is 2.46. The minimum atomic E-state index is -3.05. The minimum absolute atomic E-state index is 0.00386. The summed E-state index contributed by atoms with van der Waals surface area (Å²) in [7, 11) is -3.05. The van der Waals surface area contributed by atoms with Gasteiger partial charge in [0.1, 0.15) is 0 Å². The smallest absolute Gasteiger partial charge is 0.211 e. The van der Waals surface area contributed by atoms with Gasteiger partial charge in [0.05, 0.1) is 11.9 Å². The fourth-order valence-corrected chi connectivity index (χ4v) is 5.63. The van der Waals surface area contributed by atoms with Gasteiger partial charge in [-0.1, -0.05) is 41.5 Å². The fourth-order valence-electron chi connectivity index (χ4n) is 4.21. The molecule has 2 unspecified atom stereocenters. The van der Waals surface area contributed by atoms with E-state index < -0.39 is 10.0 Å². The lowest BCUT2D eigenvalue weighted by Gasteiger charge is -2.53. The van der Waals surface area contributed by atoms with Crippen LogP contribution in [0.5, 0.6) is 0 Å². The third kappa shape index (κ3) is 6.44. The predicted molar refractivity (Wildman–Crippen MR) is 107 cm³/mol. The monoisotopic (exact) mass is 389 g/mol. The van der Waals surface area contributed by atoms with Gasteiger partial charge in [-0.3, -0.25) is 0 Å². The highest BCUT2D eigenvalue weighted by molar-refractivity contribution is 7.89. The summed E-state index contributed by atoms with van der Waals surface area (Å²) in [6, 6.07) is -0.00386. The van der Waals surface area contributed by atoms with Gasteiger partial charge >= 0.3 is 0 Å². The van der Waals surface area contributed by atoms with E-state index in [-0.39, 0.29) is 34.1 Å². The van der Waals surface area contributed by atoms with Gasteiger partial charge in [-0.2, -0.15) is 0 Å². The van der Waals surface area contributed by atoms with Gasteiger partial charge in [0, 0.05) is 44.2 Å². The van der Waals surface area contributed by atoms with Crippen molar-refractivity contribution in [3.8, 4) is 0 Å². The lowest BCUT2D eigenvalue weighted by molar-refractivity contribution is -0.103. The Morgan fingerprint density at radius 3 is 2.38 bits per heavy atom. The number of sulfonamides is 1. The minimum Gasteiger partial charge on any atom is -0.392 e. The summed E-state index contributed by atoms with van der Waals surface area (Å²) in [6.45, 7) is 17.7. The summed E-state index contributed by atoms with van der Waals surface area (Å²) in [5, 5.41) is 14.2. The van der Waals surface area contributed by atoms with Crippen LogP contribution < -0.4 is 10.0 Å². The van der Waals surface area contributed by atoms with Crippen LogP contribution in [0.15, 0.2) is 0 Å². The standard InChI is InChI=1S/C19H39N3O3S/c1-17(2,3)12-22-13-19(6,14-22)16(23)9-18(4,5)11-20-10-15-7-8-26(24,25)21-15/h15-16,20-21,23H,7-14H2,1-6H3. The molecular formula is C19H39N3O3S. The van der Waals surface area contributed by atoms with Crippen molar-refractivity contribution in [1.29, 1.82) is 0 Å². The van der Waals surface area contributed by atoms with Gasteiger partial charge in [0.2, 0.25) is 10.0 Å². The molecule has 0 aromatic carbocycles. The average Bonchev–Trinajstić information content (AvgIpc) is 2.73. The largest absolute Gasteiger partial charge is 0.392 e. The Kier molecular flexibility index (Phi) is 6.51. The quantitative estimate of drug-likeness (QED) is 0.585. The molecule has 0 aromatic rings. The number of aliphatic hydroxyl groups is 1. The molecule has 2 saturated heterocycles. The zero-order chi connectivity index (χ0) is 19.8. The van der Waals surface area contributed by atoms with Crippen LogP contribution in [0.2, 0.25) is 0 Å². The number of nitrogens with zero attached hydrogens (tertiary/aromatic N) is 1. The van der Waals surface area contributed by atoms with E-state index in [1.54, 1.807) is 0 Å². The fraction of sp³-hybridized carbons (Fsp3) is 1.00. The summed E-state index contributed by atoms with van der Waals surface area (Å²) in [4.78, 5) is 2.43. The third-order valence-corrected chi connectivity index (χ3v) is 6.96. The van der Waals surface area contributed by atoms with E-state index in [4.69, 9.17) is 0 Å². The molecule has 0 amide bonds. The first-order valence-corrected chi connectivity index (χ1v) is 11.5. The van der Waals surface area contributed by atoms with Crippen molar-refractivity contribution in [1.82, 2.24) is 14.9 Å². The molecule has 2 fully saturated rings. The second-order valence-corrected chi connectivity index (χ2v) is 12.7. The van der Waals surface area contributed by atoms with E-state index >= 15 is 0 Å². The van der Waals surface area contributed by atoms with Gasteiger partial charge < -0.3 is 15.3 Å². The van der Waals surface area contributed by atoms with Crippen LogP contribution in [0, 0.1) is 16.2 Å². The molecule has 2 aliphatic heterocycles. The molecule has 26 heavy (non-hydrogen) atoms. The molecule has 3 N–H and O–H groups in total. The summed E-state index contributed by atoms with van der Waals surface area (Å²) in [5.74, 6) is 0.227. The summed E-state index contributed by atoms with van der Waals surface area (Å²) >= 11 is 0. The van der Waals surface area contributed by atoms with Gasteiger partial charge in [-0.05, 0) is 23.7 Å². The lowest BCUT2D eigenvalue weighted by Crippen LogP contribution is -2.62. The van der Waals surface area contributed by atoms with Crippen LogP contribution in [0.25, 0.3) is 0 Å². The molecule has 0 aliphatic carbocycles. The molecule has 154 valence electrons. The molecule has 2 rings (SSSR count). The zero-order valence-corrected chi connectivity index (χ0v) is 18.2. The number of nitrogens with one attached hydrogen (secondary N) is 2. The number of aliphatic hydroxyl groups excluding tert-OH is 1. The van der Waals surface area contributed by atoms with E-state index in [0.717, 1.165) is 32.6 Å². The summed E-state index contributed by atoms with van der Waals surface area (Å²) in [5.41, 5.74) is 0.227. The molecular weight excluding hydrogens is 350 g/mol. The Morgan fingerprint density at radius 2 is 1.88 bits per heavy atom. The molecule has 2 heterocycles. The van der Waals surface area contributed by atoms with E-state index in [0.29, 0.717) is 13.0 Å². The van der Waals surface area contributed by atoms with Crippen molar-refractivity contribution >= 4 is 10.0 Å². The van der Waals surface area contributed by atoms with Crippen LogP contribution in [0.1, 0.15) is 54.4 Å². The lowest BCUT2D eigenvalue weighted by atomic mass is 9.70. The van der Waals surface area contributed by atoms with E-state index in [9.17, 15) is 13.5 Å². The number of likely N-dealkylation sites (tertiary alicyclic amines) is 1. The van der Waals surface area contributed by atoms with Gasteiger partial charge in [-0.25, -0.2) is 13.1 Å². The number of rotatable bonds is 8. The van der Waals surface area contributed by atoms with Crippen molar-refractivity contribution in [2.75, 3.05) is 38.5 Å². The molecule has 6 nitrogen and oxygen atoms in total. The first-order valence-electron chi connectivity index (χ1n) is 9.81. The highest BCUT2D eigenvalue weighted by atomic mass is 32.2. The Balaban J connectivity index is 1.72. The topological polar surface area (TPSA) is 81.7 Å². The SMILES string of the molecule is CC(C)(C)CN1CC(C)(C(O)CC(C)(C)CNCC2CCS(=O)(=O)N2)C1. The van der Waals surface area contributed by atoms with Crippen LogP contribution >= 0.6 is 0 Å². The first-order chi connectivity index (χ1) is 11.7. The molecule has 2 aliphatic rings. The number of hydrogen-bond donors (Lipinski definition) is 3. The number of hydrogen-bond acceptors (Lipinski definition) is 5. The molecule has 0 saturated carbocycles.